The minimum atomic E-state index is -0.528. The van der Waals surface area contributed by atoms with Gasteiger partial charge in [-0.25, -0.2) is 0 Å². The van der Waals surface area contributed by atoms with Gasteiger partial charge < -0.3 is 20.1 Å². The van der Waals surface area contributed by atoms with Gasteiger partial charge in [-0.05, 0) is 89.4 Å². The van der Waals surface area contributed by atoms with Crippen molar-refractivity contribution in [2.45, 2.75) is 13.8 Å². The van der Waals surface area contributed by atoms with Gasteiger partial charge in [0.2, 0.25) is 0 Å². The Hall–Kier alpha value is -3.80. The highest BCUT2D eigenvalue weighted by atomic mass is 79.9. The van der Waals surface area contributed by atoms with E-state index in [2.05, 4.69) is 26.6 Å². The topological polar surface area (TPSA) is 100 Å². The molecule has 0 aliphatic rings. The molecule has 9 heteroatoms. The molecule has 0 saturated carbocycles. The molecule has 0 heterocycles. The molecule has 2 N–H and O–H groups in total. The van der Waals surface area contributed by atoms with Crippen LogP contribution < -0.4 is 20.1 Å². The third-order valence-corrected chi connectivity index (χ3v) is 5.72. The number of nitrogens with zero attached hydrogens (tertiary/aromatic N) is 1. The average molecular weight is 569 g/mol. The van der Waals surface area contributed by atoms with E-state index < -0.39 is 5.91 Å². The standard InChI is InChI=1S/C27H23BrClN3O4/c1-3-35-24-14-18(12-19(15-30)27(34)32-23-7-5-4-6-17(23)2)13-22(28)26(24)36-16-25(33)31-21-10-8-20(29)9-11-21/h4-14H,3,16H2,1-2H3,(H,31,33)(H,32,34)/b19-12+. The van der Waals surface area contributed by atoms with Gasteiger partial charge in [0, 0.05) is 16.4 Å². The van der Waals surface area contributed by atoms with Crippen molar-refractivity contribution in [3.63, 3.8) is 0 Å². The van der Waals surface area contributed by atoms with E-state index in [4.69, 9.17) is 21.1 Å². The van der Waals surface area contributed by atoms with Crippen LogP contribution >= 0.6 is 27.5 Å². The number of aryl methyl sites for hydroxylation is 1. The molecule has 0 aliphatic heterocycles. The SMILES string of the molecule is CCOc1cc(/C=C(\C#N)C(=O)Nc2ccccc2C)cc(Br)c1OCC(=O)Nc1ccc(Cl)cc1. The Morgan fingerprint density at radius 3 is 2.47 bits per heavy atom. The summed E-state index contributed by atoms with van der Waals surface area (Å²) in [6.07, 6.45) is 1.46. The summed E-state index contributed by atoms with van der Waals surface area (Å²) >= 11 is 9.31. The number of anilines is 2. The van der Waals surface area contributed by atoms with Gasteiger partial charge in [0.05, 0.1) is 11.1 Å². The molecule has 0 saturated heterocycles. The lowest BCUT2D eigenvalue weighted by atomic mass is 10.1. The number of carbonyl (C=O) groups is 2. The predicted molar refractivity (Wildman–Crippen MR) is 144 cm³/mol. The maximum atomic E-state index is 12.7. The van der Waals surface area contributed by atoms with Crippen LogP contribution in [0.25, 0.3) is 6.08 Å². The second kappa shape index (κ2) is 12.8. The first-order chi connectivity index (χ1) is 17.3. The molecule has 0 bridgehead atoms. The van der Waals surface area contributed by atoms with E-state index in [1.807, 2.05) is 32.0 Å². The molecule has 2 amide bonds. The molecule has 3 aromatic rings. The van der Waals surface area contributed by atoms with Gasteiger partial charge in [-0.3, -0.25) is 9.59 Å². The predicted octanol–water partition coefficient (Wildman–Crippen LogP) is 6.37. The van der Waals surface area contributed by atoms with Crippen LogP contribution in [0.4, 0.5) is 11.4 Å². The first-order valence-electron chi connectivity index (χ1n) is 10.9. The summed E-state index contributed by atoms with van der Waals surface area (Å²) in [6.45, 7) is 3.75. The molecule has 7 nitrogen and oxygen atoms in total. The Labute approximate surface area is 222 Å². The lowest BCUT2D eigenvalue weighted by molar-refractivity contribution is -0.118. The smallest absolute Gasteiger partial charge is 0.266 e. The van der Waals surface area contributed by atoms with Gasteiger partial charge in [0.25, 0.3) is 11.8 Å². The lowest BCUT2D eigenvalue weighted by Crippen LogP contribution is -2.20. The molecule has 0 aliphatic carbocycles. The van der Waals surface area contributed by atoms with Crippen molar-refractivity contribution in [1.82, 2.24) is 0 Å². The van der Waals surface area contributed by atoms with Crippen molar-refractivity contribution < 1.29 is 19.1 Å². The first kappa shape index (κ1) is 26.8. The summed E-state index contributed by atoms with van der Waals surface area (Å²) in [5, 5.41) is 15.6. The van der Waals surface area contributed by atoms with Gasteiger partial charge in [-0.15, -0.1) is 0 Å². The zero-order chi connectivity index (χ0) is 26.1. The molecule has 36 heavy (non-hydrogen) atoms. The highest BCUT2D eigenvalue weighted by Crippen LogP contribution is 2.37. The number of para-hydroxylation sites is 1. The van der Waals surface area contributed by atoms with Crippen LogP contribution in [0.3, 0.4) is 0 Å². The summed E-state index contributed by atoms with van der Waals surface area (Å²) in [5.41, 5.74) is 2.56. The van der Waals surface area contributed by atoms with Gasteiger partial charge in [0.1, 0.15) is 11.6 Å². The molecular formula is C27H23BrClN3O4. The molecule has 3 aromatic carbocycles. The fourth-order valence-corrected chi connectivity index (χ4v) is 3.86. The molecule has 0 radical (unpaired) electrons. The van der Waals surface area contributed by atoms with E-state index in [9.17, 15) is 14.9 Å². The summed E-state index contributed by atoms with van der Waals surface area (Å²) in [6, 6.07) is 19.3. The number of nitriles is 1. The van der Waals surface area contributed by atoms with E-state index in [1.165, 1.54) is 6.08 Å². The van der Waals surface area contributed by atoms with Crippen LogP contribution in [0.15, 0.2) is 70.7 Å². The number of hydrogen-bond acceptors (Lipinski definition) is 5. The quantitative estimate of drug-likeness (QED) is 0.231. The van der Waals surface area contributed by atoms with Crippen molar-refractivity contribution in [3.05, 3.63) is 86.9 Å². The van der Waals surface area contributed by atoms with Crippen LogP contribution in [0.2, 0.25) is 5.02 Å². The fraction of sp³-hybridized carbons (Fsp3) is 0.148. The third-order valence-electron chi connectivity index (χ3n) is 4.88. The number of benzene rings is 3. The number of rotatable bonds is 9. The molecule has 0 aromatic heterocycles. The second-order valence-corrected chi connectivity index (χ2v) is 8.84. The Morgan fingerprint density at radius 2 is 1.81 bits per heavy atom. The molecule has 3 rings (SSSR count). The fourth-order valence-electron chi connectivity index (χ4n) is 3.16. The van der Waals surface area contributed by atoms with E-state index in [-0.39, 0.29) is 18.1 Å². The number of ether oxygens (including phenoxy) is 2. The second-order valence-electron chi connectivity index (χ2n) is 7.55. The van der Waals surface area contributed by atoms with Gasteiger partial charge in [-0.1, -0.05) is 29.8 Å². The Balaban J connectivity index is 1.77. The van der Waals surface area contributed by atoms with E-state index in [0.717, 1.165) is 5.56 Å². The van der Waals surface area contributed by atoms with Crippen molar-refractivity contribution in [3.8, 4) is 17.6 Å². The van der Waals surface area contributed by atoms with Gasteiger partial charge in [-0.2, -0.15) is 5.26 Å². The Morgan fingerprint density at radius 1 is 1.08 bits per heavy atom. The average Bonchev–Trinajstić information content (AvgIpc) is 2.85. The number of carbonyl (C=O) groups excluding carboxylic acids is 2. The van der Waals surface area contributed by atoms with Crippen molar-refractivity contribution in [2.24, 2.45) is 0 Å². The number of halogens is 2. The summed E-state index contributed by atoms with van der Waals surface area (Å²) < 4.78 is 11.9. The van der Waals surface area contributed by atoms with Crippen LogP contribution in [-0.2, 0) is 9.59 Å². The third kappa shape index (κ3) is 7.35. The van der Waals surface area contributed by atoms with Gasteiger partial charge >= 0.3 is 0 Å². The minimum absolute atomic E-state index is 0.0800. The van der Waals surface area contributed by atoms with Crippen molar-refractivity contribution >= 4 is 56.8 Å². The van der Waals surface area contributed by atoms with Crippen LogP contribution in [0, 0.1) is 18.3 Å². The van der Waals surface area contributed by atoms with Crippen LogP contribution in [0.1, 0.15) is 18.1 Å². The highest BCUT2D eigenvalue weighted by molar-refractivity contribution is 9.10. The lowest BCUT2D eigenvalue weighted by Gasteiger charge is -2.15. The van der Waals surface area contributed by atoms with E-state index in [1.54, 1.807) is 48.5 Å². The monoisotopic (exact) mass is 567 g/mol. The van der Waals surface area contributed by atoms with Crippen molar-refractivity contribution in [2.75, 3.05) is 23.8 Å². The summed E-state index contributed by atoms with van der Waals surface area (Å²) in [4.78, 5) is 25.0. The molecule has 0 atom stereocenters. The summed E-state index contributed by atoms with van der Waals surface area (Å²) in [7, 11) is 0. The van der Waals surface area contributed by atoms with E-state index in [0.29, 0.717) is 44.5 Å². The first-order valence-corrected chi connectivity index (χ1v) is 12.1. The molecule has 184 valence electrons. The van der Waals surface area contributed by atoms with Crippen molar-refractivity contribution in [1.29, 1.82) is 5.26 Å². The molecule has 0 fully saturated rings. The molecule has 0 spiro atoms. The van der Waals surface area contributed by atoms with Crippen LogP contribution in [-0.4, -0.2) is 25.0 Å². The van der Waals surface area contributed by atoms with Gasteiger partial charge in [0.15, 0.2) is 18.1 Å². The minimum Gasteiger partial charge on any atom is -0.490 e. The Bertz CT molecular complexity index is 1330. The summed E-state index contributed by atoms with van der Waals surface area (Å²) in [5.74, 6) is -0.215. The number of amides is 2. The maximum absolute atomic E-state index is 12.7. The number of nitrogens with one attached hydrogen (secondary N) is 2. The largest absolute Gasteiger partial charge is 0.490 e. The number of hydrogen-bond donors (Lipinski definition) is 2. The maximum Gasteiger partial charge on any atom is 0.266 e. The zero-order valence-corrected chi connectivity index (χ0v) is 21.9. The Kier molecular flexibility index (Phi) is 9.51. The molecule has 0 unspecified atom stereocenters. The normalized spacial score (nSPS) is 10.8. The molecular weight excluding hydrogens is 546 g/mol. The highest BCUT2D eigenvalue weighted by Gasteiger charge is 2.16. The zero-order valence-electron chi connectivity index (χ0n) is 19.6. The van der Waals surface area contributed by atoms with Crippen LogP contribution in [0.5, 0.6) is 11.5 Å². The van der Waals surface area contributed by atoms with E-state index >= 15 is 0 Å².